The summed E-state index contributed by atoms with van der Waals surface area (Å²) in [5.74, 6) is 2.20. The monoisotopic (exact) mass is 353 g/mol. The van der Waals surface area contributed by atoms with E-state index in [1.165, 1.54) is 16.7 Å². The predicted octanol–water partition coefficient (Wildman–Crippen LogP) is 1.94. The molecule has 0 aromatic heterocycles. The Balaban J connectivity index is 1.97. The van der Waals surface area contributed by atoms with Crippen LogP contribution in [-0.2, 0) is 6.42 Å². The van der Waals surface area contributed by atoms with Crippen LogP contribution in [0.4, 0.5) is 0 Å². The van der Waals surface area contributed by atoms with Crippen molar-refractivity contribution in [2.75, 3.05) is 27.9 Å². The maximum absolute atomic E-state index is 10.1. The van der Waals surface area contributed by atoms with Crippen LogP contribution in [0.25, 0.3) is 11.8 Å². The molecule has 1 N–H and O–H groups in total. The maximum atomic E-state index is 10.1. The molecule has 1 atom stereocenters. The van der Waals surface area contributed by atoms with E-state index in [1.54, 1.807) is 21.3 Å². The smallest absolute Gasteiger partial charge is 0.169 e. The lowest BCUT2D eigenvalue weighted by Gasteiger charge is -2.39. The highest BCUT2D eigenvalue weighted by atomic mass is 16.5. The molecule has 2 aromatic rings. The second kappa shape index (κ2) is 6.16. The normalized spacial score (nSPS) is 17.6. The number of benzene rings is 2. The van der Waals surface area contributed by atoms with Crippen LogP contribution >= 0.6 is 0 Å². The maximum Gasteiger partial charge on any atom is 0.169 e. The van der Waals surface area contributed by atoms with Crippen LogP contribution < -0.4 is 24.6 Å². The van der Waals surface area contributed by atoms with Crippen molar-refractivity contribution < 1.29 is 19.3 Å². The molecule has 0 bridgehead atoms. The molecule has 5 nitrogen and oxygen atoms in total. The number of hydrogen-bond donors (Lipinski definition) is 1. The van der Waals surface area contributed by atoms with Gasteiger partial charge in [0.05, 0.1) is 27.4 Å². The molecule has 1 unspecified atom stereocenters. The van der Waals surface area contributed by atoms with Crippen LogP contribution in [0.5, 0.6) is 23.0 Å². The molecule has 0 saturated heterocycles. The minimum Gasteiger partial charge on any atom is -0.504 e. The van der Waals surface area contributed by atoms with Crippen molar-refractivity contribution in [3.05, 3.63) is 45.8 Å². The number of phenolic OH excluding ortho intramolecular Hbond substituents is 1. The molecule has 0 radical (unpaired) electrons. The molecule has 4 rings (SSSR count). The van der Waals surface area contributed by atoms with Crippen molar-refractivity contribution in [1.29, 1.82) is 0 Å². The molecular formula is C21H23NO4. The van der Waals surface area contributed by atoms with Crippen molar-refractivity contribution >= 4 is 11.8 Å². The van der Waals surface area contributed by atoms with Crippen LogP contribution in [0.3, 0.4) is 0 Å². The van der Waals surface area contributed by atoms with Crippen LogP contribution in [0.2, 0.25) is 0 Å². The lowest BCUT2D eigenvalue weighted by molar-refractivity contribution is 0.327. The molecule has 2 aromatic carbocycles. The van der Waals surface area contributed by atoms with Gasteiger partial charge in [0.15, 0.2) is 23.0 Å². The molecule has 0 saturated carbocycles. The number of aromatic hydroxyl groups is 1. The second-order valence-electron chi connectivity index (χ2n) is 6.69. The summed E-state index contributed by atoms with van der Waals surface area (Å²) < 4.78 is 16.4. The number of ether oxygens (including phenoxy) is 3. The second-order valence-corrected chi connectivity index (χ2v) is 6.69. The van der Waals surface area contributed by atoms with Crippen molar-refractivity contribution in [2.24, 2.45) is 0 Å². The van der Waals surface area contributed by atoms with Gasteiger partial charge in [-0.2, -0.15) is 0 Å². The molecule has 5 heteroatoms. The number of hydrogen-bond acceptors (Lipinski definition) is 5. The predicted molar refractivity (Wildman–Crippen MR) is 100 cm³/mol. The molecule has 0 fully saturated rings. The average Bonchev–Trinajstić information content (AvgIpc) is 2.66. The topological polar surface area (TPSA) is 51.2 Å². The molecule has 0 spiro atoms. The molecule has 136 valence electrons. The summed E-state index contributed by atoms with van der Waals surface area (Å²) in [6.45, 7) is 3.03. The molecule has 26 heavy (non-hydrogen) atoms. The summed E-state index contributed by atoms with van der Waals surface area (Å²) >= 11 is 0. The Morgan fingerprint density at radius 2 is 1.81 bits per heavy atom. The third kappa shape index (κ3) is 2.30. The standard InChI is InChI=1S/C21H23NO4/c1-12-14-5-6-18(24-2)21(26-4)16(14)11-22-8-7-13-9-17(23)19(25-3)10-15(13)20(12)22/h5-6,9-11,20,23H,7-8H2,1-4H3. The highest BCUT2D eigenvalue weighted by Crippen LogP contribution is 2.41. The first kappa shape index (κ1) is 16.6. The van der Waals surface area contributed by atoms with Crippen LogP contribution in [-0.4, -0.2) is 37.9 Å². The van der Waals surface area contributed by atoms with Gasteiger partial charge in [-0.15, -0.1) is 0 Å². The Kier molecular flexibility index (Phi) is 3.94. The first-order chi connectivity index (χ1) is 12.6. The van der Waals surface area contributed by atoms with Gasteiger partial charge in [0.2, 0.25) is 0 Å². The Hall–Kier alpha value is -2.82. The largest absolute Gasteiger partial charge is 0.504 e. The summed E-state index contributed by atoms with van der Waals surface area (Å²) in [7, 11) is 4.91. The minimum absolute atomic E-state index is 0.124. The summed E-state index contributed by atoms with van der Waals surface area (Å²) in [6.07, 6.45) is 3.03. The van der Waals surface area contributed by atoms with Crippen LogP contribution in [0, 0.1) is 0 Å². The highest BCUT2D eigenvalue weighted by Gasteiger charge is 2.31. The fourth-order valence-electron chi connectivity index (χ4n) is 4.18. The number of phenols is 1. The molecule has 2 heterocycles. The lowest BCUT2D eigenvalue weighted by atomic mass is 9.85. The van der Waals surface area contributed by atoms with E-state index in [9.17, 15) is 5.11 Å². The molecule has 2 aliphatic heterocycles. The van der Waals surface area contributed by atoms with Gasteiger partial charge < -0.3 is 24.2 Å². The first-order valence-electron chi connectivity index (χ1n) is 8.68. The zero-order chi connectivity index (χ0) is 18.4. The van der Waals surface area contributed by atoms with Crippen molar-refractivity contribution in [3.8, 4) is 23.0 Å². The number of nitrogens with zero attached hydrogens (tertiary/aromatic N) is 1. The molecule has 0 aliphatic carbocycles. The van der Waals surface area contributed by atoms with Gasteiger partial charge in [0.25, 0.3) is 0 Å². The van der Waals surface area contributed by atoms with E-state index in [0.29, 0.717) is 5.75 Å². The van der Waals surface area contributed by atoms with E-state index in [-0.39, 0.29) is 11.8 Å². The number of rotatable bonds is 3. The Morgan fingerprint density at radius 1 is 1.04 bits per heavy atom. The van der Waals surface area contributed by atoms with Crippen molar-refractivity contribution in [1.82, 2.24) is 4.90 Å². The Bertz CT molecular complexity index is 996. The van der Waals surface area contributed by atoms with E-state index < -0.39 is 0 Å². The third-order valence-corrected chi connectivity index (χ3v) is 5.42. The zero-order valence-corrected chi connectivity index (χ0v) is 15.5. The number of fused-ring (bicyclic) bond motifs is 4. The van der Waals surface area contributed by atoms with Gasteiger partial charge >= 0.3 is 0 Å². The van der Waals surface area contributed by atoms with E-state index in [0.717, 1.165) is 34.9 Å². The van der Waals surface area contributed by atoms with Gasteiger partial charge in [-0.25, -0.2) is 0 Å². The molecule has 0 amide bonds. The summed E-state index contributed by atoms with van der Waals surface area (Å²) in [5, 5.41) is 12.3. The first-order valence-corrected chi connectivity index (χ1v) is 8.68. The van der Waals surface area contributed by atoms with Crippen LogP contribution in [0.1, 0.15) is 24.1 Å². The van der Waals surface area contributed by atoms with Crippen LogP contribution in [0.15, 0.2) is 24.3 Å². The van der Waals surface area contributed by atoms with Gasteiger partial charge in [-0.05, 0) is 53.5 Å². The van der Waals surface area contributed by atoms with E-state index in [4.69, 9.17) is 14.2 Å². The average molecular weight is 353 g/mol. The molecule has 2 aliphatic rings. The van der Waals surface area contributed by atoms with Gasteiger partial charge in [0.1, 0.15) is 0 Å². The highest BCUT2D eigenvalue weighted by molar-refractivity contribution is 5.64. The van der Waals surface area contributed by atoms with Gasteiger partial charge in [-0.1, -0.05) is 6.07 Å². The third-order valence-electron chi connectivity index (χ3n) is 5.42. The van der Waals surface area contributed by atoms with E-state index in [1.807, 2.05) is 18.2 Å². The SMILES string of the molecule is COc1cc2c(cc1O)CCN1C=c3c(OC)c(OC)ccc3=C(C)C21. The zero-order valence-electron chi connectivity index (χ0n) is 15.5. The van der Waals surface area contributed by atoms with Gasteiger partial charge in [-0.3, -0.25) is 0 Å². The lowest BCUT2D eigenvalue weighted by Crippen LogP contribution is -2.43. The quantitative estimate of drug-likeness (QED) is 0.914. The summed E-state index contributed by atoms with van der Waals surface area (Å²) in [5.41, 5.74) is 3.60. The molecular weight excluding hydrogens is 330 g/mol. The Labute approximate surface area is 152 Å². The van der Waals surface area contributed by atoms with E-state index >= 15 is 0 Å². The number of methoxy groups -OCH3 is 3. The van der Waals surface area contributed by atoms with Gasteiger partial charge in [0, 0.05) is 18.0 Å². The van der Waals surface area contributed by atoms with Crippen molar-refractivity contribution in [2.45, 2.75) is 19.4 Å². The van der Waals surface area contributed by atoms with E-state index in [2.05, 4.69) is 24.1 Å². The minimum atomic E-state index is 0.124. The summed E-state index contributed by atoms with van der Waals surface area (Å²) in [4.78, 5) is 2.33. The van der Waals surface area contributed by atoms with Crippen molar-refractivity contribution in [3.63, 3.8) is 0 Å². The fraction of sp³-hybridized carbons (Fsp3) is 0.333. The fourth-order valence-corrected chi connectivity index (χ4v) is 4.18. The summed E-state index contributed by atoms with van der Waals surface area (Å²) in [6, 6.07) is 7.96. The Morgan fingerprint density at radius 3 is 2.50 bits per heavy atom.